The van der Waals surface area contributed by atoms with Gasteiger partial charge in [0.2, 0.25) is 5.91 Å². The van der Waals surface area contributed by atoms with Gasteiger partial charge in [0.25, 0.3) is 0 Å². The van der Waals surface area contributed by atoms with Crippen molar-refractivity contribution < 1.29 is 27.5 Å². The number of amides is 2. The van der Waals surface area contributed by atoms with Crippen molar-refractivity contribution in [3.8, 4) is 0 Å². The standard InChI is InChI=1S/C18H21F3N2O3S/c1-2-26-17(25)23-11-9-14(10-12-23)22-16(24)8-5-13-3-6-15(7-4-13)27-18(19,20)21/h3-8,14H,2,9-12H2,1H3,(H,22,24). The van der Waals surface area contributed by atoms with Crippen molar-refractivity contribution in [3.63, 3.8) is 0 Å². The molecule has 2 rings (SSSR count). The molecule has 2 amide bonds. The number of hydrogen-bond donors (Lipinski definition) is 1. The Labute approximate surface area is 159 Å². The van der Waals surface area contributed by atoms with Crippen molar-refractivity contribution in [1.29, 1.82) is 0 Å². The Morgan fingerprint density at radius 2 is 1.89 bits per heavy atom. The third-order valence-corrected chi connectivity index (χ3v) is 4.65. The molecule has 0 spiro atoms. The summed E-state index contributed by atoms with van der Waals surface area (Å²) in [5.74, 6) is -0.279. The molecule has 5 nitrogen and oxygen atoms in total. The Morgan fingerprint density at radius 1 is 1.26 bits per heavy atom. The number of thioether (sulfide) groups is 1. The second-order valence-electron chi connectivity index (χ2n) is 5.92. The Kier molecular flexibility index (Phi) is 7.58. The zero-order valence-electron chi connectivity index (χ0n) is 14.8. The van der Waals surface area contributed by atoms with Gasteiger partial charge in [0.05, 0.1) is 6.61 Å². The van der Waals surface area contributed by atoms with E-state index in [1.165, 1.54) is 30.3 Å². The normalized spacial score (nSPS) is 15.8. The van der Waals surface area contributed by atoms with Gasteiger partial charge in [0.15, 0.2) is 0 Å². The highest BCUT2D eigenvalue weighted by atomic mass is 32.2. The monoisotopic (exact) mass is 402 g/mol. The lowest BCUT2D eigenvalue weighted by atomic mass is 10.1. The minimum absolute atomic E-state index is 0.0293. The van der Waals surface area contributed by atoms with Crippen LogP contribution < -0.4 is 5.32 Å². The lowest BCUT2D eigenvalue weighted by molar-refractivity contribution is -0.117. The molecule has 1 aliphatic heterocycles. The third kappa shape index (κ3) is 7.54. The van der Waals surface area contributed by atoms with Gasteiger partial charge in [0.1, 0.15) is 0 Å². The van der Waals surface area contributed by atoms with E-state index in [-0.39, 0.29) is 34.7 Å². The van der Waals surface area contributed by atoms with Crippen molar-refractivity contribution in [3.05, 3.63) is 35.9 Å². The van der Waals surface area contributed by atoms with Crippen LogP contribution in [0.15, 0.2) is 35.2 Å². The maximum absolute atomic E-state index is 12.3. The molecule has 0 atom stereocenters. The van der Waals surface area contributed by atoms with E-state index < -0.39 is 5.51 Å². The van der Waals surface area contributed by atoms with E-state index in [4.69, 9.17) is 4.74 Å². The fourth-order valence-electron chi connectivity index (χ4n) is 2.62. The fourth-order valence-corrected chi connectivity index (χ4v) is 3.16. The van der Waals surface area contributed by atoms with Crippen molar-refractivity contribution in [2.45, 2.75) is 36.2 Å². The van der Waals surface area contributed by atoms with Gasteiger partial charge >= 0.3 is 11.6 Å². The zero-order chi connectivity index (χ0) is 19.9. The predicted molar refractivity (Wildman–Crippen MR) is 97.1 cm³/mol. The Bertz CT molecular complexity index is 669. The van der Waals surface area contributed by atoms with Crippen LogP contribution in [0.1, 0.15) is 25.3 Å². The second-order valence-corrected chi connectivity index (χ2v) is 7.06. The highest BCUT2D eigenvalue weighted by Gasteiger charge is 2.29. The first-order chi connectivity index (χ1) is 12.8. The van der Waals surface area contributed by atoms with Gasteiger partial charge in [0, 0.05) is 30.1 Å². The molecule has 0 saturated carbocycles. The van der Waals surface area contributed by atoms with Crippen LogP contribution in [0.4, 0.5) is 18.0 Å². The largest absolute Gasteiger partial charge is 0.450 e. The summed E-state index contributed by atoms with van der Waals surface area (Å²) in [6.07, 6.45) is 3.84. The molecule has 0 aliphatic carbocycles. The molecule has 0 aromatic heterocycles. The summed E-state index contributed by atoms with van der Waals surface area (Å²) in [6.45, 7) is 3.12. The van der Waals surface area contributed by atoms with E-state index in [2.05, 4.69) is 5.32 Å². The molecular formula is C18H21F3N2O3S. The first kappa shape index (κ1) is 21.1. The summed E-state index contributed by atoms with van der Waals surface area (Å²) in [5.41, 5.74) is -3.69. The van der Waals surface area contributed by atoms with E-state index in [0.29, 0.717) is 38.1 Å². The molecule has 1 heterocycles. The highest BCUT2D eigenvalue weighted by Crippen LogP contribution is 2.36. The van der Waals surface area contributed by atoms with Gasteiger partial charge in [-0.1, -0.05) is 12.1 Å². The predicted octanol–water partition coefficient (Wildman–Crippen LogP) is 4.05. The van der Waals surface area contributed by atoms with E-state index in [9.17, 15) is 22.8 Å². The first-order valence-corrected chi connectivity index (χ1v) is 9.34. The van der Waals surface area contributed by atoms with Gasteiger partial charge in [-0.05, 0) is 55.3 Å². The van der Waals surface area contributed by atoms with Crippen molar-refractivity contribution in [2.24, 2.45) is 0 Å². The summed E-state index contributed by atoms with van der Waals surface area (Å²) in [6, 6.07) is 5.74. The van der Waals surface area contributed by atoms with Gasteiger partial charge in [-0.3, -0.25) is 4.79 Å². The third-order valence-electron chi connectivity index (χ3n) is 3.91. The summed E-state index contributed by atoms with van der Waals surface area (Å²) >= 11 is -0.178. The van der Waals surface area contributed by atoms with Crippen molar-refractivity contribution in [2.75, 3.05) is 19.7 Å². The van der Waals surface area contributed by atoms with Crippen LogP contribution in [0.25, 0.3) is 6.08 Å². The molecule has 1 saturated heterocycles. The maximum atomic E-state index is 12.3. The van der Waals surface area contributed by atoms with Gasteiger partial charge < -0.3 is 15.0 Å². The smallest absolute Gasteiger partial charge is 0.446 e. The zero-order valence-corrected chi connectivity index (χ0v) is 15.6. The molecular weight excluding hydrogens is 381 g/mol. The average molecular weight is 402 g/mol. The SMILES string of the molecule is CCOC(=O)N1CCC(NC(=O)C=Cc2ccc(SC(F)(F)F)cc2)CC1. The second kappa shape index (κ2) is 9.68. The number of nitrogens with one attached hydrogen (secondary N) is 1. The molecule has 1 fully saturated rings. The molecule has 148 valence electrons. The summed E-state index contributed by atoms with van der Waals surface area (Å²) < 4.78 is 41.8. The molecule has 0 radical (unpaired) electrons. The lowest BCUT2D eigenvalue weighted by Gasteiger charge is -2.31. The van der Waals surface area contributed by atoms with Crippen LogP contribution in [0, 0.1) is 0 Å². The Morgan fingerprint density at radius 3 is 2.44 bits per heavy atom. The van der Waals surface area contributed by atoms with E-state index in [1.54, 1.807) is 17.9 Å². The van der Waals surface area contributed by atoms with E-state index in [1.807, 2.05) is 0 Å². The number of ether oxygens (including phenoxy) is 1. The van der Waals surface area contributed by atoms with Crippen LogP contribution in [0.5, 0.6) is 0 Å². The fraction of sp³-hybridized carbons (Fsp3) is 0.444. The van der Waals surface area contributed by atoms with Gasteiger partial charge in [-0.25, -0.2) is 4.79 Å². The first-order valence-electron chi connectivity index (χ1n) is 8.53. The minimum atomic E-state index is -4.32. The number of benzene rings is 1. The van der Waals surface area contributed by atoms with E-state index in [0.717, 1.165) is 0 Å². The Hall–Kier alpha value is -2.16. The number of nitrogens with zero attached hydrogens (tertiary/aromatic N) is 1. The van der Waals surface area contributed by atoms with Crippen LogP contribution >= 0.6 is 11.8 Å². The van der Waals surface area contributed by atoms with Crippen molar-refractivity contribution >= 4 is 29.8 Å². The number of alkyl halides is 3. The molecule has 1 aromatic carbocycles. The van der Waals surface area contributed by atoms with Crippen LogP contribution in [-0.4, -0.2) is 48.1 Å². The van der Waals surface area contributed by atoms with Crippen LogP contribution in [0.2, 0.25) is 0 Å². The summed E-state index contributed by atoms with van der Waals surface area (Å²) in [7, 11) is 0. The van der Waals surface area contributed by atoms with Crippen molar-refractivity contribution in [1.82, 2.24) is 10.2 Å². The molecule has 1 aromatic rings. The number of likely N-dealkylation sites (tertiary alicyclic amines) is 1. The number of carbonyl (C=O) groups is 2. The average Bonchev–Trinajstić information content (AvgIpc) is 2.61. The lowest BCUT2D eigenvalue weighted by Crippen LogP contribution is -2.46. The molecule has 27 heavy (non-hydrogen) atoms. The molecule has 0 unspecified atom stereocenters. The summed E-state index contributed by atoms with van der Waals surface area (Å²) in [5, 5.41) is 2.87. The van der Waals surface area contributed by atoms with Gasteiger partial charge in [-0.15, -0.1) is 0 Å². The highest BCUT2D eigenvalue weighted by molar-refractivity contribution is 8.00. The Balaban J connectivity index is 1.78. The van der Waals surface area contributed by atoms with Gasteiger partial charge in [-0.2, -0.15) is 13.2 Å². The maximum Gasteiger partial charge on any atom is 0.446 e. The topological polar surface area (TPSA) is 58.6 Å². The molecule has 0 bridgehead atoms. The quantitative estimate of drug-likeness (QED) is 0.596. The van der Waals surface area contributed by atoms with E-state index >= 15 is 0 Å². The molecule has 1 N–H and O–H groups in total. The number of halogens is 3. The van der Waals surface area contributed by atoms with Crippen LogP contribution in [-0.2, 0) is 9.53 Å². The minimum Gasteiger partial charge on any atom is -0.450 e. The molecule has 9 heteroatoms. The number of hydrogen-bond acceptors (Lipinski definition) is 4. The van der Waals surface area contributed by atoms with Crippen LogP contribution in [0.3, 0.4) is 0 Å². The number of piperidine rings is 1. The summed E-state index contributed by atoms with van der Waals surface area (Å²) in [4.78, 5) is 25.3. The number of carbonyl (C=O) groups excluding carboxylic acids is 2. The number of rotatable bonds is 5. The molecule has 1 aliphatic rings.